The lowest BCUT2D eigenvalue weighted by atomic mass is 10.1. The number of aromatic nitrogens is 2. The molecular weight excluding hydrogens is 467 g/mol. The van der Waals surface area contributed by atoms with Crippen molar-refractivity contribution in [1.29, 1.82) is 0 Å². The van der Waals surface area contributed by atoms with Crippen LogP contribution in [0.4, 0.5) is 27.8 Å². The van der Waals surface area contributed by atoms with Gasteiger partial charge in [-0.05, 0) is 12.1 Å². The van der Waals surface area contributed by atoms with Crippen LogP contribution < -0.4 is 4.90 Å². The van der Waals surface area contributed by atoms with Crippen molar-refractivity contribution in [2.45, 2.75) is 0 Å². The lowest BCUT2D eigenvalue weighted by Crippen LogP contribution is -2.49. The molecule has 1 aliphatic heterocycles. The van der Waals surface area contributed by atoms with Gasteiger partial charge in [0, 0.05) is 31.7 Å². The number of benzene rings is 3. The van der Waals surface area contributed by atoms with E-state index in [9.17, 15) is 26.7 Å². The molecule has 1 aliphatic rings. The molecule has 5 rings (SSSR count). The van der Waals surface area contributed by atoms with Gasteiger partial charge in [0.05, 0.1) is 11.0 Å². The molecule has 35 heavy (non-hydrogen) atoms. The summed E-state index contributed by atoms with van der Waals surface area (Å²) in [5.74, 6) is -11.6. The van der Waals surface area contributed by atoms with Gasteiger partial charge in [-0.2, -0.15) is 0 Å². The average molecular weight is 484 g/mol. The van der Waals surface area contributed by atoms with Crippen molar-refractivity contribution in [1.82, 2.24) is 14.9 Å². The number of piperazine rings is 1. The highest BCUT2D eigenvalue weighted by Crippen LogP contribution is 2.31. The number of hydrogen-bond acceptors (Lipinski definition) is 4. The number of para-hydroxylation sites is 2. The summed E-state index contributed by atoms with van der Waals surface area (Å²) in [6.45, 7) is 0.407. The molecule has 1 amide bonds. The maximum absolute atomic E-state index is 14.1. The van der Waals surface area contributed by atoms with Gasteiger partial charge in [0.1, 0.15) is 11.3 Å². The van der Waals surface area contributed by atoms with Crippen molar-refractivity contribution in [3.63, 3.8) is 0 Å². The largest absolute Gasteiger partial charge is 0.351 e. The van der Waals surface area contributed by atoms with E-state index in [1.807, 2.05) is 59.5 Å². The zero-order chi connectivity index (χ0) is 24.7. The van der Waals surface area contributed by atoms with Crippen LogP contribution in [-0.4, -0.2) is 47.0 Å². The molecule has 2 heterocycles. The Morgan fingerprint density at radius 2 is 1.17 bits per heavy atom. The first-order valence-electron chi connectivity index (χ1n) is 10.7. The summed E-state index contributed by atoms with van der Waals surface area (Å²) in [7, 11) is 0. The van der Waals surface area contributed by atoms with Gasteiger partial charge in [0.15, 0.2) is 29.1 Å². The maximum Gasteiger partial charge on any atom is 0.260 e. The van der Waals surface area contributed by atoms with E-state index in [2.05, 4.69) is 0 Å². The van der Waals surface area contributed by atoms with E-state index < -0.39 is 40.6 Å². The van der Waals surface area contributed by atoms with Crippen LogP contribution in [-0.2, 0) is 0 Å². The van der Waals surface area contributed by atoms with E-state index in [-0.39, 0.29) is 26.2 Å². The van der Waals surface area contributed by atoms with Gasteiger partial charge in [0.25, 0.3) is 5.91 Å². The monoisotopic (exact) mass is 484 g/mol. The summed E-state index contributed by atoms with van der Waals surface area (Å²) in [4.78, 5) is 25.2. The third kappa shape index (κ3) is 3.94. The predicted molar refractivity (Wildman–Crippen MR) is 119 cm³/mol. The molecule has 10 heteroatoms. The summed E-state index contributed by atoms with van der Waals surface area (Å²) in [5.41, 5.74) is 1.38. The minimum Gasteiger partial charge on any atom is -0.351 e. The number of nitrogens with zero attached hydrogens (tertiary/aromatic N) is 4. The smallest absolute Gasteiger partial charge is 0.260 e. The van der Waals surface area contributed by atoms with Crippen LogP contribution in [0.15, 0.2) is 54.6 Å². The number of hydrogen-bond donors (Lipinski definition) is 0. The number of anilines is 1. The number of rotatable bonds is 3. The molecule has 0 saturated carbocycles. The molecule has 0 aliphatic carbocycles. The lowest BCUT2D eigenvalue weighted by molar-refractivity contribution is 0.0733. The van der Waals surface area contributed by atoms with Crippen LogP contribution in [0.2, 0.25) is 0 Å². The van der Waals surface area contributed by atoms with Gasteiger partial charge < -0.3 is 9.80 Å². The molecule has 0 atom stereocenters. The Morgan fingerprint density at radius 3 is 1.77 bits per heavy atom. The highest BCUT2D eigenvalue weighted by Gasteiger charge is 2.34. The molecule has 1 fully saturated rings. The summed E-state index contributed by atoms with van der Waals surface area (Å²) in [5, 5.41) is 0. The van der Waals surface area contributed by atoms with Crippen molar-refractivity contribution >= 4 is 22.8 Å². The second kappa shape index (κ2) is 8.94. The first kappa shape index (κ1) is 22.7. The number of amides is 1. The molecule has 5 nitrogen and oxygen atoms in total. The second-order valence-corrected chi connectivity index (χ2v) is 7.97. The topological polar surface area (TPSA) is 49.3 Å². The minimum absolute atomic E-state index is 0.0128. The Hall–Kier alpha value is -4.08. The van der Waals surface area contributed by atoms with Crippen molar-refractivity contribution in [3.05, 3.63) is 89.2 Å². The minimum atomic E-state index is -2.30. The molecule has 0 spiro atoms. The van der Waals surface area contributed by atoms with Crippen LogP contribution >= 0.6 is 0 Å². The first-order chi connectivity index (χ1) is 16.9. The Balaban J connectivity index is 1.45. The van der Waals surface area contributed by atoms with Crippen LogP contribution in [0.5, 0.6) is 0 Å². The van der Waals surface area contributed by atoms with Crippen LogP contribution in [0.25, 0.3) is 22.3 Å². The number of fused-ring (bicyclic) bond motifs is 1. The van der Waals surface area contributed by atoms with Crippen molar-refractivity contribution < 1.29 is 26.7 Å². The highest BCUT2D eigenvalue weighted by molar-refractivity contribution is 5.95. The fourth-order valence-corrected chi connectivity index (χ4v) is 4.07. The molecular formula is C25H17F5N4O. The van der Waals surface area contributed by atoms with Gasteiger partial charge in [-0.25, -0.2) is 31.9 Å². The number of carbonyl (C=O) groups is 1. The fourth-order valence-electron chi connectivity index (χ4n) is 4.07. The van der Waals surface area contributed by atoms with E-state index >= 15 is 0 Å². The summed E-state index contributed by atoms with van der Waals surface area (Å²) >= 11 is 0. The number of carbonyl (C=O) groups excluding carboxylic acids is 1. The number of halogens is 5. The van der Waals surface area contributed by atoms with Gasteiger partial charge in [-0.3, -0.25) is 4.79 Å². The Labute approximate surface area is 196 Å². The summed E-state index contributed by atoms with van der Waals surface area (Å²) in [6.07, 6.45) is 0. The quantitative estimate of drug-likeness (QED) is 0.235. The highest BCUT2D eigenvalue weighted by atomic mass is 19.2. The van der Waals surface area contributed by atoms with Crippen LogP contribution in [0, 0.1) is 29.1 Å². The lowest BCUT2D eigenvalue weighted by Gasteiger charge is -2.36. The normalized spacial score (nSPS) is 14.0. The van der Waals surface area contributed by atoms with E-state index in [4.69, 9.17) is 9.97 Å². The van der Waals surface area contributed by atoms with Crippen molar-refractivity contribution in [2.24, 2.45) is 0 Å². The standard InChI is InChI=1S/C25H17F5N4O/c26-18-17(19(27)21(29)22(30)20(18)28)25(35)34-12-10-33(11-13-34)24-23(14-6-2-1-3-7-14)31-15-8-4-5-9-16(15)32-24/h1-9H,10-13H2. The van der Waals surface area contributed by atoms with Crippen LogP contribution in [0.3, 0.4) is 0 Å². The molecule has 0 unspecified atom stereocenters. The first-order valence-corrected chi connectivity index (χ1v) is 10.7. The summed E-state index contributed by atoms with van der Waals surface area (Å²) in [6, 6.07) is 16.8. The predicted octanol–water partition coefficient (Wildman–Crippen LogP) is 4.95. The third-order valence-electron chi connectivity index (χ3n) is 5.89. The Bertz CT molecular complexity index is 1410. The fraction of sp³-hybridized carbons (Fsp3) is 0.160. The zero-order valence-electron chi connectivity index (χ0n) is 18.1. The van der Waals surface area contributed by atoms with E-state index in [1.165, 1.54) is 0 Å². The molecule has 4 aromatic rings. The molecule has 0 N–H and O–H groups in total. The van der Waals surface area contributed by atoms with Gasteiger partial charge >= 0.3 is 0 Å². The molecule has 0 bridgehead atoms. The van der Waals surface area contributed by atoms with E-state index in [0.717, 1.165) is 10.5 Å². The molecule has 3 aromatic carbocycles. The third-order valence-corrected chi connectivity index (χ3v) is 5.89. The molecule has 1 aromatic heterocycles. The zero-order valence-corrected chi connectivity index (χ0v) is 18.1. The molecule has 0 radical (unpaired) electrons. The SMILES string of the molecule is O=C(c1c(F)c(F)c(F)c(F)c1F)N1CCN(c2nc3ccccc3nc2-c2ccccc2)CC1. The molecule has 178 valence electrons. The van der Waals surface area contributed by atoms with Gasteiger partial charge in [0.2, 0.25) is 5.82 Å². The average Bonchev–Trinajstić information content (AvgIpc) is 2.90. The van der Waals surface area contributed by atoms with E-state index in [0.29, 0.717) is 22.5 Å². The van der Waals surface area contributed by atoms with E-state index in [1.54, 1.807) is 0 Å². The van der Waals surface area contributed by atoms with Gasteiger partial charge in [-0.15, -0.1) is 0 Å². The maximum atomic E-state index is 14.1. The Kier molecular flexibility index (Phi) is 5.80. The molecule has 1 saturated heterocycles. The van der Waals surface area contributed by atoms with Crippen molar-refractivity contribution in [3.8, 4) is 11.3 Å². The van der Waals surface area contributed by atoms with Crippen LogP contribution in [0.1, 0.15) is 10.4 Å². The Morgan fingerprint density at radius 1 is 0.657 bits per heavy atom. The van der Waals surface area contributed by atoms with Crippen molar-refractivity contribution in [2.75, 3.05) is 31.1 Å². The summed E-state index contributed by atoms with van der Waals surface area (Å²) < 4.78 is 68.8. The second-order valence-electron chi connectivity index (χ2n) is 7.97. The van der Waals surface area contributed by atoms with Gasteiger partial charge in [-0.1, -0.05) is 42.5 Å².